The van der Waals surface area contributed by atoms with Crippen molar-refractivity contribution in [3.63, 3.8) is 0 Å². The number of aromatic amines is 1. The highest BCUT2D eigenvalue weighted by atomic mass is 16.3. The lowest BCUT2D eigenvalue weighted by molar-refractivity contribution is -0.135. The minimum atomic E-state index is -0.749. The standard InChI is InChI=1S/C24H26N4O4/c29-21(16-6-2-1-3-7-16)15-25-23(31)17-10-12-28(13-11-17)22(30)14-20-18-8-4-5-9-19(18)24(32)27-26-20/h1-9,17,21,29H,10-15H2,(H,25,31)(H,27,32). The summed E-state index contributed by atoms with van der Waals surface area (Å²) in [4.78, 5) is 39.0. The molecule has 1 atom stereocenters. The number of H-pyrrole nitrogens is 1. The first-order chi connectivity index (χ1) is 15.5. The molecule has 8 nitrogen and oxygen atoms in total. The van der Waals surface area contributed by atoms with Crippen molar-refractivity contribution in [2.75, 3.05) is 19.6 Å². The average molecular weight is 434 g/mol. The molecule has 0 aliphatic carbocycles. The molecule has 2 heterocycles. The maximum absolute atomic E-state index is 12.8. The molecule has 1 aliphatic rings. The number of nitrogens with one attached hydrogen (secondary N) is 2. The summed E-state index contributed by atoms with van der Waals surface area (Å²) in [5.74, 6) is -0.359. The Hall–Kier alpha value is -3.52. The molecular weight excluding hydrogens is 408 g/mol. The molecule has 1 fully saturated rings. The van der Waals surface area contributed by atoms with Crippen LogP contribution in [0.25, 0.3) is 10.8 Å². The number of aromatic nitrogens is 2. The Morgan fingerprint density at radius 1 is 1.06 bits per heavy atom. The van der Waals surface area contributed by atoms with E-state index in [2.05, 4.69) is 15.5 Å². The molecule has 4 rings (SSSR count). The Morgan fingerprint density at radius 3 is 2.44 bits per heavy atom. The number of nitrogens with zero attached hydrogens (tertiary/aromatic N) is 2. The number of piperidine rings is 1. The minimum absolute atomic E-state index is 0.0759. The summed E-state index contributed by atoms with van der Waals surface area (Å²) in [5, 5.41) is 20.8. The van der Waals surface area contributed by atoms with E-state index in [0.717, 1.165) is 5.56 Å². The molecule has 32 heavy (non-hydrogen) atoms. The first-order valence-corrected chi connectivity index (χ1v) is 10.8. The molecule has 0 saturated carbocycles. The zero-order chi connectivity index (χ0) is 22.5. The molecule has 1 aliphatic heterocycles. The number of aliphatic hydroxyl groups excluding tert-OH is 1. The van der Waals surface area contributed by atoms with Crippen LogP contribution in [0.2, 0.25) is 0 Å². The molecule has 0 radical (unpaired) electrons. The number of carbonyl (C=O) groups excluding carboxylic acids is 2. The van der Waals surface area contributed by atoms with Gasteiger partial charge in [-0.05, 0) is 24.5 Å². The van der Waals surface area contributed by atoms with Crippen LogP contribution in [-0.4, -0.2) is 51.7 Å². The summed E-state index contributed by atoms with van der Waals surface area (Å²) in [6.07, 6.45) is 0.483. The zero-order valence-corrected chi connectivity index (χ0v) is 17.7. The second-order valence-corrected chi connectivity index (χ2v) is 8.05. The minimum Gasteiger partial charge on any atom is -0.387 e. The third-order valence-corrected chi connectivity index (χ3v) is 5.97. The summed E-state index contributed by atoms with van der Waals surface area (Å²) in [6.45, 7) is 1.13. The van der Waals surface area contributed by atoms with Crippen LogP contribution in [0, 0.1) is 5.92 Å². The third kappa shape index (κ3) is 4.86. The van der Waals surface area contributed by atoms with Crippen LogP contribution in [0.5, 0.6) is 0 Å². The first kappa shape index (κ1) is 21.7. The van der Waals surface area contributed by atoms with Crippen molar-refractivity contribution in [2.24, 2.45) is 5.92 Å². The van der Waals surface area contributed by atoms with Gasteiger partial charge >= 0.3 is 0 Å². The van der Waals surface area contributed by atoms with Gasteiger partial charge in [0.2, 0.25) is 11.8 Å². The van der Waals surface area contributed by atoms with E-state index in [0.29, 0.717) is 42.4 Å². The number of rotatable bonds is 6. The topological polar surface area (TPSA) is 115 Å². The second-order valence-electron chi connectivity index (χ2n) is 8.05. The lowest BCUT2D eigenvalue weighted by Gasteiger charge is -2.31. The largest absolute Gasteiger partial charge is 0.387 e. The van der Waals surface area contributed by atoms with Crippen LogP contribution >= 0.6 is 0 Å². The Bertz CT molecular complexity index is 1150. The molecule has 0 bridgehead atoms. The summed E-state index contributed by atoms with van der Waals surface area (Å²) >= 11 is 0. The molecule has 3 aromatic rings. The average Bonchev–Trinajstić information content (AvgIpc) is 2.85. The van der Waals surface area contributed by atoms with Crippen LogP contribution in [0.15, 0.2) is 59.4 Å². The highest BCUT2D eigenvalue weighted by Crippen LogP contribution is 2.20. The van der Waals surface area contributed by atoms with E-state index in [1.807, 2.05) is 36.4 Å². The monoisotopic (exact) mass is 434 g/mol. The van der Waals surface area contributed by atoms with Gasteiger partial charge < -0.3 is 15.3 Å². The molecule has 1 saturated heterocycles. The van der Waals surface area contributed by atoms with Crippen LogP contribution in [0.3, 0.4) is 0 Å². The highest BCUT2D eigenvalue weighted by molar-refractivity contribution is 5.88. The number of hydrogen-bond donors (Lipinski definition) is 3. The summed E-state index contributed by atoms with van der Waals surface area (Å²) in [6, 6.07) is 16.3. The van der Waals surface area contributed by atoms with E-state index < -0.39 is 6.10 Å². The van der Waals surface area contributed by atoms with E-state index in [1.165, 1.54) is 0 Å². The molecule has 2 amide bonds. The zero-order valence-electron chi connectivity index (χ0n) is 17.7. The van der Waals surface area contributed by atoms with E-state index in [-0.39, 0.29) is 36.3 Å². The van der Waals surface area contributed by atoms with Gasteiger partial charge in [0.25, 0.3) is 5.56 Å². The summed E-state index contributed by atoms with van der Waals surface area (Å²) in [5.41, 5.74) is 1.03. The van der Waals surface area contributed by atoms with Gasteiger partial charge in [-0.15, -0.1) is 0 Å². The van der Waals surface area contributed by atoms with Gasteiger partial charge in [0.15, 0.2) is 0 Å². The first-order valence-electron chi connectivity index (χ1n) is 10.8. The van der Waals surface area contributed by atoms with Crippen molar-refractivity contribution < 1.29 is 14.7 Å². The highest BCUT2D eigenvalue weighted by Gasteiger charge is 2.28. The Morgan fingerprint density at radius 2 is 1.72 bits per heavy atom. The van der Waals surface area contributed by atoms with Crippen molar-refractivity contribution >= 4 is 22.6 Å². The molecule has 1 unspecified atom stereocenters. The summed E-state index contributed by atoms with van der Waals surface area (Å²) in [7, 11) is 0. The van der Waals surface area contributed by atoms with Gasteiger partial charge in [0.1, 0.15) is 0 Å². The van der Waals surface area contributed by atoms with Gasteiger partial charge in [-0.1, -0.05) is 48.5 Å². The molecular formula is C24H26N4O4. The van der Waals surface area contributed by atoms with Crippen molar-refractivity contribution in [2.45, 2.75) is 25.4 Å². The van der Waals surface area contributed by atoms with E-state index in [9.17, 15) is 19.5 Å². The third-order valence-electron chi connectivity index (χ3n) is 5.97. The Balaban J connectivity index is 1.29. The van der Waals surface area contributed by atoms with Gasteiger partial charge in [-0.25, -0.2) is 5.10 Å². The quantitative estimate of drug-likeness (QED) is 0.545. The lowest BCUT2D eigenvalue weighted by atomic mass is 9.95. The van der Waals surface area contributed by atoms with E-state index >= 15 is 0 Å². The van der Waals surface area contributed by atoms with Crippen molar-refractivity contribution in [1.29, 1.82) is 0 Å². The van der Waals surface area contributed by atoms with Crippen molar-refractivity contribution in [3.8, 4) is 0 Å². The van der Waals surface area contributed by atoms with Crippen LogP contribution in [-0.2, 0) is 16.0 Å². The smallest absolute Gasteiger partial charge is 0.272 e. The maximum atomic E-state index is 12.8. The fraction of sp³-hybridized carbons (Fsp3) is 0.333. The molecule has 0 spiro atoms. The lowest BCUT2D eigenvalue weighted by Crippen LogP contribution is -2.44. The molecule has 166 valence electrons. The number of fused-ring (bicyclic) bond motifs is 1. The van der Waals surface area contributed by atoms with Gasteiger partial charge in [0, 0.05) is 30.9 Å². The number of carbonyl (C=O) groups is 2. The van der Waals surface area contributed by atoms with Crippen LogP contribution < -0.4 is 10.9 Å². The molecule has 3 N–H and O–H groups in total. The molecule has 8 heteroatoms. The normalized spacial score (nSPS) is 15.5. The van der Waals surface area contributed by atoms with Gasteiger partial charge in [-0.3, -0.25) is 14.4 Å². The second kappa shape index (κ2) is 9.74. The number of aliphatic hydroxyl groups is 1. The predicted molar refractivity (Wildman–Crippen MR) is 120 cm³/mol. The molecule has 1 aromatic heterocycles. The van der Waals surface area contributed by atoms with E-state index in [4.69, 9.17) is 0 Å². The predicted octanol–water partition coefficient (Wildman–Crippen LogP) is 1.55. The fourth-order valence-electron chi connectivity index (χ4n) is 4.09. The van der Waals surface area contributed by atoms with Crippen molar-refractivity contribution in [1.82, 2.24) is 20.4 Å². The Labute approximate surface area is 185 Å². The van der Waals surface area contributed by atoms with Gasteiger partial charge in [-0.2, -0.15) is 5.10 Å². The van der Waals surface area contributed by atoms with Gasteiger partial charge in [0.05, 0.1) is 23.6 Å². The molecule has 2 aromatic carbocycles. The summed E-state index contributed by atoms with van der Waals surface area (Å²) < 4.78 is 0. The number of amides is 2. The Kier molecular flexibility index (Phi) is 6.61. The maximum Gasteiger partial charge on any atom is 0.272 e. The fourth-order valence-corrected chi connectivity index (χ4v) is 4.09. The van der Waals surface area contributed by atoms with E-state index in [1.54, 1.807) is 23.1 Å². The number of likely N-dealkylation sites (tertiary alicyclic amines) is 1. The number of benzene rings is 2. The SMILES string of the molecule is O=C(NCC(O)c1ccccc1)C1CCN(C(=O)Cc2n[nH]c(=O)c3ccccc23)CC1. The van der Waals surface area contributed by atoms with Crippen LogP contribution in [0.4, 0.5) is 0 Å². The van der Waals surface area contributed by atoms with Crippen molar-refractivity contribution in [3.05, 3.63) is 76.2 Å². The van der Waals surface area contributed by atoms with Crippen LogP contribution in [0.1, 0.15) is 30.2 Å². The number of hydrogen-bond acceptors (Lipinski definition) is 5.